The van der Waals surface area contributed by atoms with Crippen molar-refractivity contribution >= 4 is 17.4 Å². The van der Waals surface area contributed by atoms with E-state index in [0.717, 1.165) is 49.2 Å². The normalized spacial score (nSPS) is 19.4. The molecule has 1 fully saturated rings. The molecule has 1 aliphatic carbocycles. The molecule has 148 valence electrons. The van der Waals surface area contributed by atoms with Gasteiger partial charge in [-0.05, 0) is 74.1 Å². The Morgan fingerprint density at radius 2 is 1.89 bits per heavy atom. The average Bonchev–Trinajstić information content (AvgIpc) is 2.93. The molecule has 2 atom stereocenters. The maximum absolute atomic E-state index is 11.1. The predicted octanol–water partition coefficient (Wildman–Crippen LogP) is 4.73. The van der Waals surface area contributed by atoms with E-state index in [1.165, 1.54) is 12.6 Å². The first kappa shape index (κ1) is 19.9. The second-order valence-corrected chi connectivity index (χ2v) is 7.33. The van der Waals surface area contributed by atoms with Crippen LogP contribution in [0.3, 0.4) is 0 Å². The molecule has 1 saturated carbocycles. The lowest BCUT2D eigenvalue weighted by atomic mass is 9.96. The topological polar surface area (TPSA) is 63.2 Å². The van der Waals surface area contributed by atoms with E-state index in [1.807, 2.05) is 37.4 Å². The lowest BCUT2D eigenvalue weighted by molar-refractivity contribution is -0.117. The zero-order valence-corrected chi connectivity index (χ0v) is 16.7. The summed E-state index contributed by atoms with van der Waals surface area (Å²) in [5.41, 5.74) is 2.67. The molecule has 28 heavy (non-hydrogen) atoms. The molecule has 0 spiro atoms. The highest BCUT2D eigenvalue weighted by atomic mass is 16.5. The van der Waals surface area contributed by atoms with Crippen LogP contribution < -0.4 is 15.4 Å². The van der Waals surface area contributed by atoms with Crippen molar-refractivity contribution in [2.75, 3.05) is 12.4 Å². The highest BCUT2D eigenvalue weighted by Crippen LogP contribution is 2.33. The van der Waals surface area contributed by atoms with Gasteiger partial charge in [-0.1, -0.05) is 12.6 Å². The van der Waals surface area contributed by atoms with Crippen molar-refractivity contribution in [2.24, 2.45) is 0 Å². The van der Waals surface area contributed by atoms with Crippen molar-refractivity contribution in [3.05, 3.63) is 60.3 Å². The maximum Gasteiger partial charge on any atom is 0.221 e. The summed E-state index contributed by atoms with van der Waals surface area (Å²) >= 11 is 0. The minimum absolute atomic E-state index is 0.118. The van der Waals surface area contributed by atoms with Crippen LogP contribution in [0.25, 0.3) is 5.70 Å². The number of amides is 1. The first-order valence-corrected chi connectivity index (χ1v) is 9.93. The van der Waals surface area contributed by atoms with Crippen molar-refractivity contribution in [1.82, 2.24) is 10.3 Å². The second-order valence-electron chi connectivity index (χ2n) is 7.33. The fourth-order valence-corrected chi connectivity index (χ4v) is 3.71. The molecule has 3 rings (SSSR count). The average molecular weight is 380 g/mol. The van der Waals surface area contributed by atoms with Crippen molar-refractivity contribution in [2.45, 2.75) is 51.0 Å². The molecule has 2 N–H and O–H groups in total. The summed E-state index contributed by atoms with van der Waals surface area (Å²) in [5.74, 6) is 2.16. The summed E-state index contributed by atoms with van der Waals surface area (Å²) in [4.78, 5) is 15.9. The molecule has 0 aliphatic heterocycles. The molecule has 2 aromatic rings. The minimum atomic E-state index is -0.118. The lowest BCUT2D eigenvalue weighted by Gasteiger charge is -2.18. The van der Waals surface area contributed by atoms with Gasteiger partial charge >= 0.3 is 0 Å². The fourth-order valence-electron chi connectivity index (χ4n) is 3.71. The van der Waals surface area contributed by atoms with Crippen molar-refractivity contribution in [3.63, 3.8) is 0 Å². The van der Waals surface area contributed by atoms with E-state index in [1.54, 1.807) is 0 Å². The number of pyridine rings is 1. The van der Waals surface area contributed by atoms with E-state index in [-0.39, 0.29) is 12.0 Å². The zero-order chi connectivity index (χ0) is 19.9. The number of aromatic nitrogens is 1. The van der Waals surface area contributed by atoms with Gasteiger partial charge in [0, 0.05) is 31.3 Å². The molecule has 5 heteroatoms. The summed E-state index contributed by atoms with van der Waals surface area (Å²) in [6, 6.07) is 14.0. The van der Waals surface area contributed by atoms with E-state index in [2.05, 4.69) is 29.3 Å². The third-order valence-corrected chi connectivity index (χ3v) is 5.19. The quantitative estimate of drug-likeness (QED) is 0.713. The molecular weight excluding hydrogens is 350 g/mol. The molecule has 2 unspecified atom stereocenters. The number of nitrogens with one attached hydrogen (secondary N) is 2. The van der Waals surface area contributed by atoms with Crippen LogP contribution in [0.15, 0.2) is 49.0 Å². The first-order valence-electron chi connectivity index (χ1n) is 9.93. The highest BCUT2D eigenvalue weighted by Gasteiger charge is 2.22. The molecule has 1 aliphatic rings. The molecule has 0 saturated heterocycles. The highest BCUT2D eigenvalue weighted by molar-refractivity contribution is 5.84. The van der Waals surface area contributed by atoms with Crippen molar-refractivity contribution < 1.29 is 9.53 Å². The van der Waals surface area contributed by atoms with Crippen molar-refractivity contribution in [1.29, 1.82) is 0 Å². The van der Waals surface area contributed by atoms with Crippen LogP contribution in [-0.2, 0) is 4.79 Å². The number of carbonyl (C=O) groups is 1. The lowest BCUT2D eigenvalue weighted by Crippen LogP contribution is -2.17. The SMILES string of the molecule is C=C(NC(C)=O)c1ccc(OC2CCCC(c3cccc(NC)n3)CC2)cc1. The Bertz CT molecular complexity index is 817. The van der Waals surface area contributed by atoms with Crippen LogP contribution in [-0.4, -0.2) is 24.0 Å². The van der Waals surface area contributed by atoms with E-state index >= 15 is 0 Å². The fraction of sp³-hybridized carbons (Fsp3) is 0.391. The van der Waals surface area contributed by atoms with Gasteiger partial charge in [-0.3, -0.25) is 4.79 Å². The van der Waals surface area contributed by atoms with Gasteiger partial charge in [-0.2, -0.15) is 0 Å². The van der Waals surface area contributed by atoms with Crippen LogP contribution >= 0.6 is 0 Å². The number of carbonyl (C=O) groups excluding carboxylic acids is 1. The Kier molecular flexibility index (Phi) is 6.69. The summed E-state index contributed by atoms with van der Waals surface area (Å²) in [6.45, 7) is 5.37. The van der Waals surface area contributed by atoms with Crippen LogP contribution in [0.5, 0.6) is 5.75 Å². The number of benzene rings is 1. The molecule has 0 bridgehead atoms. The standard InChI is InChI=1S/C23H29N3O2/c1-16(25-17(2)27)18-10-13-21(14-11-18)28-20-7-4-6-19(12-15-20)22-8-5-9-23(24-3)26-22/h5,8-11,13-14,19-20H,1,4,6-7,12,15H2,2-3H3,(H,24,26)(H,25,27). The van der Waals surface area contributed by atoms with E-state index in [9.17, 15) is 4.79 Å². The van der Waals surface area contributed by atoms with Gasteiger partial charge in [-0.25, -0.2) is 4.98 Å². The molecular formula is C23H29N3O2. The van der Waals surface area contributed by atoms with Gasteiger partial charge in [0.25, 0.3) is 0 Å². The third-order valence-electron chi connectivity index (χ3n) is 5.19. The molecule has 1 amide bonds. The van der Waals surface area contributed by atoms with Gasteiger partial charge in [0.15, 0.2) is 0 Å². The molecule has 5 nitrogen and oxygen atoms in total. The van der Waals surface area contributed by atoms with Crippen molar-refractivity contribution in [3.8, 4) is 5.75 Å². The summed E-state index contributed by atoms with van der Waals surface area (Å²) in [5, 5.41) is 5.83. The van der Waals surface area contributed by atoms with Crippen LogP contribution in [0.1, 0.15) is 56.2 Å². The van der Waals surface area contributed by atoms with Gasteiger partial charge in [0.1, 0.15) is 11.6 Å². The van der Waals surface area contributed by atoms with E-state index < -0.39 is 0 Å². The van der Waals surface area contributed by atoms with E-state index in [4.69, 9.17) is 9.72 Å². The second kappa shape index (κ2) is 9.40. The van der Waals surface area contributed by atoms with E-state index in [0.29, 0.717) is 11.6 Å². The Morgan fingerprint density at radius 3 is 2.61 bits per heavy atom. The van der Waals surface area contributed by atoms with Crippen LogP contribution in [0, 0.1) is 0 Å². The number of rotatable bonds is 6. The van der Waals surface area contributed by atoms with Crippen LogP contribution in [0.2, 0.25) is 0 Å². The van der Waals surface area contributed by atoms with Crippen LogP contribution in [0.4, 0.5) is 5.82 Å². The Labute approximate surface area is 167 Å². The molecule has 1 heterocycles. The van der Waals surface area contributed by atoms with Gasteiger partial charge in [-0.15, -0.1) is 0 Å². The largest absolute Gasteiger partial charge is 0.490 e. The Morgan fingerprint density at radius 1 is 1.11 bits per heavy atom. The Hall–Kier alpha value is -2.82. The smallest absolute Gasteiger partial charge is 0.221 e. The predicted molar refractivity (Wildman–Crippen MR) is 113 cm³/mol. The number of hydrogen-bond donors (Lipinski definition) is 2. The van der Waals surface area contributed by atoms with Gasteiger partial charge in [0.05, 0.1) is 6.10 Å². The maximum atomic E-state index is 11.1. The monoisotopic (exact) mass is 379 g/mol. The third kappa shape index (κ3) is 5.35. The summed E-state index contributed by atoms with van der Waals surface area (Å²) < 4.78 is 6.23. The number of hydrogen-bond acceptors (Lipinski definition) is 4. The first-order chi connectivity index (χ1) is 13.5. The van der Waals surface area contributed by atoms with Gasteiger partial charge in [0.2, 0.25) is 5.91 Å². The minimum Gasteiger partial charge on any atom is -0.490 e. The Balaban J connectivity index is 1.57. The zero-order valence-electron chi connectivity index (χ0n) is 16.7. The number of nitrogens with zero attached hydrogens (tertiary/aromatic N) is 1. The molecule has 1 aromatic carbocycles. The summed E-state index contributed by atoms with van der Waals surface area (Å²) in [7, 11) is 1.90. The number of anilines is 1. The number of ether oxygens (including phenoxy) is 1. The molecule has 0 radical (unpaired) electrons. The molecule has 1 aromatic heterocycles. The van der Waals surface area contributed by atoms with Gasteiger partial charge < -0.3 is 15.4 Å². The summed E-state index contributed by atoms with van der Waals surface area (Å²) in [6.07, 6.45) is 5.68.